The lowest BCUT2D eigenvalue weighted by Gasteiger charge is -2.30. The summed E-state index contributed by atoms with van der Waals surface area (Å²) in [7, 11) is 0. The Labute approximate surface area is 152 Å². The molecule has 1 aliphatic rings. The summed E-state index contributed by atoms with van der Waals surface area (Å²) >= 11 is 1.34. The molecule has 0 spiro atoms. The quantitative estimate of drug-likeness (QED) is 0.773. The summed E-state index contributed by atoms with van der Waals surface area (Å²) in [5, 5.41) is 1.87. The smallest absolute Gasteiger partial charge is 0.349 e. The maximum absolute atomic E-state index is 12.4. The first-order valence-corrected chi connectivity index (χ1v) is 9.52. The van der Waals surface area contributed by atoms with Crippen LogP contribution < -0.4 is 0 Å². The molecule has 5 heteroatoms. The summed E-state index contributed by atoms with van der Waals surface area (Å²) in [5.41, 5.74) is 3.01. The predicted octanol–water partition coefficient (Wildman–Crippen LogP) is 4.14. The third-order valence-corrected chi connectivity index (χ3v) is 5.44. The monoisotopic (exact) mass is 357 g/mol. The van der Waals surface area contributed by atoms with Crippen LogP contribution in [0.25, 0.3) is 11.1 Å². The van der Waals surface area contributed by atoms with Crippen molar-refractivity contribution in [3.05, 3.63) is 46.2 Å². The number of thiophene rings is 1. The maximum Gasteiger partial charge on any atom is 0.349 e. The van der Waals surface area contributed by atoms with Gasteiger partial charge in [0.1, 0.15) is 4.88 Å². The molecule has 0 unspecified atom stereocenters. The first-order valence-electron chi connectivity index (χ1n) is 8.64. The van der Waals surface area contributed by atoms with Crippen molar-refractivity contribution in [3.63, 3.8) is 0 Å². The van der Waals surface area contributed by atoms with E-state index in [9.17, 15) is 9.59 Å². The number of hydrogen-bond acceptors (Lipinski definition) is 4. The minimum atomic E-state index is -0.427. The van der Waals surface area contributed by atoms with Crippen LogP contribution in [0.15, 0.2) is 35.7 Å². The topological polar surface area (TPSA) is 46.6 Å². The number of hydrogen-bond donors (Lipinski definition) is 0. The van der Waals surface area contributed by atoms with Crippen LogP contribution in [0.1, 0.15) is 35.0 Å². The normalized spacial score (nSPS) is 17.4. The minimum absolute atomic E-state index is 0.103. The molecule has 0 saturated carbocycles. The van der Waals surface area contributed by atoms with Crippen molar-refractivity contribution in [2.24, 2.45) is 5.92 Å². The van der Waals surface area contributed by atoms with Crippen molar-refractivity contribution in [2.75, 3.05) is 19.7 Å². The molecule has 1 amide bonds. The van der Waals surface area contributed by atoms with Gasteiger partial charge in [-0.15, -0.1) is 11.3 Å². The fraction of sp³-hybridized carbons (Fsp3) is 0.400. The predicted molar refractivity (Wildman–Crippen MR) is 99.8 cm³/mol. The van der Waals surface area contributed by atoms with Crippen LogP contribution in [0.3, 0.4) is 0 Å². The van der Waals surface area contributed by atoms with Crippen molar-refractivity contribution in [1.29, 1.82) is 0 Å². The van der Waals surface area contributed by atoms with Crippen molar-refractivity contribution in [1.82, 2.24) is 4.90 Å². The summed E-state index contributed by atoms with van der Waals surface area (Å²) < 4.78 is 5.30. The summed E-state index contributed by atoms with van der Waals surface area (Å²) in [6.07, 6.45) is 2.17. The van der Waals surface area contributed by atoms with Crippen LogP contribution in [0.5, 0.6) is 0 Å². The number of ether oxygens (including phenoxy) is 1. The molecule has 3 rings (SSSR count). The Kier molecular flexibility index (Phi) is 5.53. The van der Waals surface area contributed by atoms with Crippen LogP contribution in [-0.2, 0) is 9.53 Å². The molecule has 0 aliphatic carbocycles. The van der Waals surface area contributed by atoms with Crippen LogP contribution in [0.4, 0.5) is 0 Å². The van der Waals surface area contributed by atoms with Crippen molar-refractivity contribution < 1.29 is 14.3 Å². The van der Waals surface area contributed by atoms with E-state index in [1.165, 1.54) is 16.9 Å². The van der Waals surface area contributed by atoms with Gasteiger partial charge in [-0.1, -0.05) is 36.8 Å². The van der Waals surface area contributed by atoms with Crippen molar-refractivity contribution >= 4 is 23.2 Å². The Balaban J connectivity index is 1.63. The molecule has 1 fully saturated rings. The van der Waals surface area contributed by atoms with Crippen LogP contribution in [0, 0.1) is 12.8 Å². The highest BCUT2D eigenvalue weighted by Gasteiger charge is 2.23. The zero-order chi connectivity index (χ0) is 17.8. The third kappa shape index (κ3) is 4.28. The van der Waals surface area contributed by atoms with Gasteiger partial charge in [-0.05, 0) is 42.7 Å². The first-order chi connectivity index (χ1) is 12.0. The van der Waals surface area contributed by atoms with Gasteiger partial charge in [-0.2, -0.15) is 0 Å². The highest BCUT2D eigenvalue weighted by atomic mass is 32.1. The van der Waals surface area contributed by atoms with Gasteiger partial charge in [0.05, 0.1) is 0 Å². The number of benzene rings is 1. The third-order valence-electron chi connectivity index (χ3n) is 4.55. The number of carbonyl (C=O) groups is 2. The molecule has 1 aromatic carbocycles. The zero-order valence-corrected chi connectivity index (χ0v) is 15.5. The van der Waals surface area contributed by atoms with E-state index in [1.807, 2.05) is 42.6 Å². The van der Waals surface area contributed by atoms with Crippen molar-refractivity contribution in [3.8, 4) is 11.1 Å². The fourth-order valence-corrected chi connectivity index (χ4v) is 3.94. The zero-order valence-electron chi connectivity index (χ0n) is 14.7. The molecule has 1 aromatic heterocycles. The molecule has 0 radical (unpaired) electrons. The molecule has 2 aromatic rings. The standard InChI is InChI=1S/C20H23NO3S/c1-14-5-7-16(8-6-14)17-9-11-25-19(17)20(23)24-13-18(22)21-10-3-4-15(2)12-21/h5-9,11,15H,3-4,10,12-13H2,1-2H3/t15-/m1/s1. The summed E-state index contributed by atoms with van der Waals surface area (Å²) in [4.78, 5) is 27.0. The Bertz CT molecular complexity index is 751. The molecule has 4 nitrogen and oxygen atoms in total. The van der Waals surface area contributed by atoms with Crippen LogP contribution >= 0.6 is 11.3 Å². The number of carbonyl (C=O) groups excluding carboxylic acids is 2. The van der Waals surface area contributed by atoms with Crippen molar-refractivity contribution in [2.45, 2.75) is 26.7 Å². The van der Waals surface area contributed by atoms with E-state index in [4.69, 9.17) is 4.74 Å². The van der Waals surface area contributed by atoms with E-state index in [2.05, 4.69) is 6.92 Å². The Hall–Kier alpha value is -2.14. The Morgan fingerprint density at radius 1 is 1.24 bits per heavy atom. The Morgan fingerprint density at radius 2 is 2.00 bits per heavy atom. The number of likely N-dealkylation sites (tertiary alicyclic amines) is 1. The van der Waals surface area contributed by atoms with E-state index >= 15 is 0 Å². The number of aryl methyl sites for hydroxylation is 1. The lowest BCUT2D eigenvalue weighted by molar-refractivity contribution is -0.136. The second-order valence-corrected chi connectivity index (χ2v) is 7.61. The van der Waals surface area contributed by atoms with E-state index in [1.54, 1.807) is 4.90 Å². The van der Waals surface area contributed by atoms with Gasteiger partial charge >= 0.3 is 5.97 Å². The molecule has 25 heavy (non-hydrogen) atoms. The first kappa shape index (κ1) is 17.7. The molecule has 2 heterocycles. The molecule has 1 saturated heterocycles. The lowest BCUT2D eigenvalue weighted by atomic mass is 10.0. The number of piperidine rings is 1. The average molecular weight is 357 g/mol. The number of rotatable bonds is 4. The van der Waals surface area contributed by atoms with Gasteiger partial charge in [0, 0.05) is 18.7 Å². The van der Waals surface area contributed by atoms with Crippen LogP contribution in [-0.4, -0.2) is 36.5 Å². The average Bonchev–Trinajstić information content (AvgIpc) is 3.10. The maximum atomic E-state index is 12.4. The molecular weight excluding hydrogens is 334 g/mol. The summed E-state index contributed by atoms with van der Waals surface area (Å²) in [6, 6.07) is 9.94. The molecule has 1 atom stereocenters. The molecule has 132 valence electrons. The number of amides is 1. The number of esters is 1. The SMILES string of the molecule is Cc1ccc(-c2ccsc2C(=O)OCC(=O)N2CCC[C@@H](C)C2)cc1. The summed E-state index contributed by atoms with van der Waals surface area (Å²) in [6.45, 7) is 5.50. The summed E-state index contributed by atoms with van der Waals surface area (Å²) in [5.74, 6) is -0.0174. The van der Waals surface area contributed by atoms with Crippen LogP contribution in [0.2, 0.25) is 0 Å². The van der Waals surface area contributed by atoms with Gasteiger partial charge in [0.25, 0.3) is 5.91 Å². The largest absolute Gasteiger partial charge is 0.451 e. The highest BCUT2D eigenvalue weighted by molar-refractivity contribution is 7.12. The second-order valence-electron chi connectivity index (χ2n) is 6.69. The highest BCUT2D eigenvalue weighted by Crippen LogP contribution is 2.29. The minimum Gasteiger partial charge on any atom is -0.451 e. The Morgan fingerprint density at radius 3 is 2.72 bits per heavy atom. The van der Waals surface area contributed by atoms with Gasteiger partial charge in [0.15, 0.2) is 6.61 Å². The molecule has 1 aliphatic heterocycles. The van der Waals surface area contributed by atoms with E-state index in [-0.39, 0.29) is 12.5 Å². The van der Waals surface area contributed by atoms with Gasteiger partial charge in [-0.25, -0.2) is 4.79 Å². The number of nitrogens with zero attached hydrogens (tertiary/aromatic N) is 1. The van der Waals surface area contributed by atoms with Gasteiger partial charge in [0.2, 0.25) is 0 Å². The molecule has 0 N–H and O–H groups in total. The van der Waals surface area contributed by atoms with E-state index in [0.29, 0.717) is 10.8 Å². The van der Waals surface area contributed by atoms with Gasteiger partial charge < -0.3 is 9.64 Å². The van der Waals surface area contributed by atoms with Gasteiger partial charge in [-0.3, -0.25) is 4.79 Å². The second kappa shape index (κ2) is 7.83. The van der Waals surface area contributed by atoms with E-state index in [0.717, 1.165) is 37.1 Å². The molecular formula is C20H23NO3S. The van der Waals surface area contributed by atoms with E-state index < -0.39 is 5.97 Å². The fourth-order valence-electron chi connectivity index (χ4n) is 3.13. The lowest BCUT2D eigenvalue weighted by Crippen LogP contribution is -2.41. The molecule has 0 bridgehead atoms.